The normalized spacial score (nSPS) is 13.0. The molecule has 1 heterocycles. The first-order chi connectivity index (χ1) is 17.2. The average molecular weight is 532 g/mol. The van der Waals surface area contributed by atoms with Gasteiger partial charge < -0.3 is 10.1 Å². The van der Waals surface area contributed by atoms with Gasteiger partial charge in [0.1, 0.15) is 10.9 Å². The lowest BCUT2D eigenvalue weighted by molar-refractivity contribution is -0.150. The molecule has 2 aromatic carbocycles. The first-order valence-corrected chi connectivity index (χ1v) is 13.7. The summed E-state index contributed by atoms with van der Waals surface area (Å²) in [4.78, 5) is 30.5. The number of aryl methyl sites for hydroxylation is 1. The van der Waals surface area contributed by atoms with Crippen LogP contribution in [0, 0.1) is 5.92 Å². The van der Waals surface area contributed by atoms with E-state index in [0.717, 1.165) is 29.7 Å². The summed E-state index contributed by atoms with van der Waals surface area (Å²) >= 11 is 1.43. The number of thiazole rings is 1. The molecule has 0 fully saturated rings. The van der Waals surface area contributed by atoms with Crippen LogP contribution in [-0.4, -0.2) is 36.9 Å². The molecule has 0 radical (unpaired) electrons. The van der Waals surface area contributed by atoms with E-state index >= 15 is 0 Å². The summed E-state index contributed by atoms with van der Waals surface area (Å²) in [6.45, 7) is 2.06. The van der Waals surface area contributed by atoms with Crippen molar-refractivity contribution in [2.24, 2.45) is 5.92 Å². The van der Waals surface area contributed by atoms with Gasteiger partial charge in [-0.15, -0.1) is 11.3 Å². The van der Waals surface area contributed by atoms with Crippen molar-refractivity contribution < 1.29 is 27.3 Å². The zero-order chi connectivity index (χ0) is 26.1. The molecule has 0 aliphatic heterocycles. The molecule has 0 aliphatic rings. The maximum atomic E-state index is 13.3. The molecule has 0 spiro atoms. The van der Waals surface area contributed by atoms with Crippen molar-refractivity contribution >= 4 is 39.2 Å². The van der Waals surface area contributed by atoms with Crippen LogP contribution in [0.3, 0.4) is 0 Å². The van der Waals surface area contributed by atoms with Crippen LogP contribution < -0.4 is 10.0 Å². The lowest BCUT2D eigenvalue weighted by Crippen LogP contribution is -2.40. The standard InChI is InChI=1S/C25H29N3O6S2/c1-3-7-20-16-35-24(26-20)22(15-18-10-12-19(13-11-18)28-36(31,32)33)27-23(29)21(25(30)34-2)14-17-8-5-4-6-9-17/h4-6,8-13,16,21-22,28H,3,7,14-15H2,1-2H3,(H,27,29)(H,31,32,33). The third kappa shape index (κ3) is 8.14. The Morgan fingerprint density at radius 2 is 1.72 bits per heavy atom. The van der Waals surface area contributed by atoms with E-state index in [-0.39, 0.29) is 12.1 Å². The molecule has 3 rings (SSSR count). The number of nitrogens with zero attached hydrogens (tertiary/aromatic N) is 1. The van der Waals surface area contributed by atoms with E-state index in [4.69, 9.17) is 9.29 Å². The van der Waals surface area contributed by atoms with Crippen LogP contribution >= 0.6 is 11.3 Å². The molecule has 1 amide bonds. The Labute approximate surface area is 214 Å². The zero-order valence-corrected chi connectivity index (χ0v) is 21.6. The van der Waals surface area contributed by atoms with Gasteiger partial charge in [0, 0.05) is 5.38 Å². The molecule has 2 atom stereocenters. The molecule has 0 aliphatic carbocycles. The molecule has 9 nitrogen and oxygen atoms in total. The number of amides is 1. The van der Waals surface area contributed by atoms with Gasteiger partial charge in [-0.1, -0.05) is 55.8 Å². The van der Waals surface area contributed by atoms with Gasteiger partial charge in [-0.05, 0) is 42.5 Å². The fraction of sp³-hybridized carbons (Fsp3) is 0.320. The zero-order valence-electron chi connectivity index (χ0n) is 20.0. The summed E-state index contributed by atoms with van der Waals surface area (Å²) in [6, 6.07) is 15.1. The number of nitrogens with one attached hydrogen (secondary N) is 2. The Bertz CT molecular complexity index is 1260. The molecule has 3 aromatic rings. The lowest BCUT2D eigenvalue weighted by Gasteiger charge is -2.21. The molecule has 2 unspecified atom stereocenters. The number of hydrogen-bond donors (Lipinski definition) is 3. The number of carbonyl (C=O) groups excluding carboxylic acids is 2. The van der Waals surface area contributed by atoms with E-state index in [0.29, 0.717) is 11.4 Å². The summed E-state index contributed by atoms with van der Waals surface area (Å²) in [6.07, 6.45) is 2.30. The van der Waals surface area contributed by atoms with Gasteiger partial charge in [-0.3, -0.25) is 18.9 Å². The van der Waals surface area contributed by atoms with Crippen molar-refractivity contribution in [1.29, 1.82) is 0 Å². The van der Waals surface area contributed by atoms with Crippen molar-refractivity contribution in [1.82, 2.24) is 10.3 Å². The predicted octanol–water partition coefficient (Wildman–Crippen LogP) is 3.74. The van der Waals surface area contributed by atoms with Gasteiger partial charge in [0.25, 0.3) is 0 Å². The summed E-state index contributed by atoms with van der Waals surface area (Å²) < 4.78 is 38.0. The Morgan fingerprint density at radius 3 is 2.33 bits per heavy atom. The van der Waals surface area contributed by atoms with Crippen LogP contribution in [0.1, 0.15) is 41.2 Å². The minimum atomic E-state index is -4.38. The number of anilines is 1. The van der Waals surface area contributed by atoms with E-state index in [1.54, 1.807) is 12.1 Å². The maximum absolute atomic E-state index is 13.3. The van der Waals surface area contributed by atoms with Crippen molar-refractivity contribution in [3.05, 3.63) is 81.8 Å². The SMILES string of the molecule is CCCc1csc(C(Cc2ccc(NS(=O)(=O)O)cc2)NC(=O)C(Cc2ccccc2)C(=O)OC)n1. The monoisotopic (exact) mass is 531 g/mol. The summed E-state index contributed by atoms with van der Waals surface area (Å²) in [7, 11) is -3.12. The number of aromatic nitrogens is 1. The van der Waals surface area contributed by atoms with Crippen LogP contribution in [0.4, 0.5) is 5.69 Å². The number of rotatable bonds is 12. The fourth-order valence-electron chi connectivity index (χ4n) is 3.69. The van der Waals surface area contributed by atoms with Crippen molar-refractivity contribution in [3.63, 3.8) is 0 Å². The number of ether oxygens (including phenoxy) is 1. The first-order valence-electron chi connectivity index (χ1n) is 11.4. The van der Waals surface area contributed by atoms with Crippen LogP contribution in [0.5, 0.6) is 0 Å². The van der Waals surface area contributed by atoms with Gasteiger partial charge >= 0.3 is 16.3 Å². The topological polar surface area (TPSA) is 135 Å². The van der Waals surface area contributed by atoms with E-state index in [1.165, 1.54) is 30.6 Å². The number of hydrogen-bond acceptors (Lipinski definition) is 7. The highest BCUT2D eigenvalue weighted by atomic mass is 32.2. The van der Waals surface area contributed by atoms with Crippen LogP contribution in [-0.2, 0) is 43.9 Å². The predicted molar refractivity (Wildman–Crippen MR) is 138 cm³/mol. The van der Waals surface area contributed by atoms with Gasteiger partial charge in [0.2, 0.25) is 5.91 Å². The van der Waals surface area contributed by atoms with Crippen LogP contribution in [0.15, 0.2) is 60.0 Å². The highest BCUT2D eigenvalue weighted by molar-refractivity contribution is 7.87. The summed E-state index contributed by atoms with van der Waals surface area (Å²) in [5, 5.41) is 5.64. The molecular weight excluding hydrogens is 502 g/mol. The minimum Gasteiger partial charge on any atom is -0.468 e. The molecule has 36 heavy (non-hydrogen) atoms. The molecule has 3 N–H and O–H groups in total. The molecule has 192 valence electrons. The second-order valence-electron chi connectivity index (χ2n) is 8.23. The van der Waals surface area contributed by atoms with Crippen molar-refractivity contribution in [2.75, 3.05) is 11.8 Å². The minimum absolute atomic E-state index is 0.195. The summed E-state index contributed by atoms with van der Waals surface area (Å²) in [5.74, 6) is -2.12. The molecule has 0 saturated heterocycles. The van der Waals surface area contributed by atoms with E-state index in [2.05, 4.69) is 17.2 Å². The highest BCUT2D eigenvalue weighted by Gasteiger charge is 2.31. The van der Waals surface area contributed by atoms with E-state index < -0.39 is 34.1 Å². The van der Waals surface area contributed by atoms with Crippen LogP contribution in [0.25, 0.3) is 0 Å². The summed E-state index contributed by atoms with van der Waals surface area (Å²) in [5.41, 5.74) is 2.76. The van der Waals surface area contributed by atoms with E-state index in [9.17, 15) is 18.0 Å². The highest BCUT2D eigenvalue weighted by Crippen LogP contribution is 2.25. The number of benzene rings is 2. The molecule has 11 heteroatoms. The smallest absolute Gasteiger partial charge is 0.357 e. The van der Waals surface area contributed by atoms with Crippen LogP contribution in [0.2, 0.25) is 0 Å². The first kappa shape index (κ1) is 27.3. The third-order valence-corrected chi connectivity index (χ3v) is 6.92. The van der Waals surface area contributed by atoms with Gasteiger partial charge in [-0.2, -0.15) is 8.42 Å². The number of carbonyl (C=O) groups is 2. The molecule has 0 bridgehead atoms. The van der Waals surface area contributed by atoms with Crippen molar-refractivity contribution in [3.8, 4) is 0 Å². The third-order valence-electron chi connectivity index (χ3n) is 5.42. The fourth-order valence-corrected chi connectivity index (χ4v) is 5.03. The molecule has 1 aromatic heterocycles. The molecular formula is C25H29N3O6S2. The second-order valence-corrected chi connectivity index (χ2v) is 10.3. The van der Waals surface area contributed by atoms with Gasteiger partial charge in [0.05, 0.1) is 24.5 Å². The number of methoxy groups -OCH3 is 1. The lowest BCUT2D eigenvalue weighted by atomic mass is 9.97. The quantitative estimate of drug-likeness (QED) is 0.184. The average Bonchev–Trinajstić information content (AvgIpc) is 3.31. The second kappa shape index (κ2) is 12.6. The maximum Gasteiger partial charge on any atom is 0.357 e. The Balaban J connectivity index is 1.84. The Hall–Kier alpha value is -3.28. The van der Waals surface area contributed by atoms with Gasteiger partial charge in [-0.25, -0.2) is 4.98 Å². The van der Waals surface area contributed by atoms with Gasteiger partial charge in [0.15, 0.2) is 0 Å². The number of esters is 1. The largest absolute Gasteiger partial charge is 0.468 e. The van der Waals surface area contributed by atoms with E-state index in [1.807, 2.05) is 40.4 Å². The Kier molecular flexibility index (Phi) is 9.57. The van der Waals surface area contributed by atoms with Crippen molar-refractivity contribution in [2.45, 2.75) is 38.6 Å². The molecule has 0 saturated carbocycles. The Morgan fingerprint density at radius 1 is 1.06 bits per heavy atom.